The molecule has 0 unspecified atom stereocenters. The molecule has 35 heavy (non-hydrogen) atoms. The number of rotatable bonds is 8. The molecule has 0 spiro atoms. The fraction of sp³-hybridized carbons (Fsp3) is 0.0417. The molecular weight excluding hydrogens is 540 g/mol. The monoisotopic (exact) mass is 556 g/mol. The van der Waals surface area contributed by atoms with E-state index in [2.05, 4.69) is 21.2 Å². The summed E-state index contributed by atoms with van der Waals surface area (Å²) in [5, 5.41) is 20.9. The molecule has 0 aliphatic heterocycles. The number of nitrogens with one attached hydrogen (secondary N) is 1. The second-order valence-electron chi connectivity index (χ2n) is 6.91. The van der Waals surface area contributed by atoms with Crippen molar-refractivity contribution in [1.29, 1.82) is 5.26 Å². The number of hydrogen-bond acceptors (Lipinski definition) is 7. The Morgan fingerprint density at radius 1 is 1.06 bits per heavy atom. The van der Waals surface area contributed by atoms with Crippen molar-refractivity contribution in [2.45, 2.75) is 4.90 Å². The van der Waals surface area contributed by atoms with Crippen molar-refractivity contribution < 1.29 is 32.0 Å². The zero-order chi connectivity index (χ0) is 25.6. The normalized spacial score (nSPS) is 11.3. The highest BCUT2D eigenvalue weighted by atomic mass is 79.9. The topological polar surface area (TPSA) is 143 Å². The molecule has 0 saturated heterocycles. The van der Waals surface area contributed by atoms with Gasteiger partial charge in [0, 0.05) is 5.69 Å². The lowest BCUT2D eigenvalue weighted by Gasteiger charge is -2.10. The number of aromatic carboxylic acids is 1. The molecule has 3 aromatic rings. The number of ether oxygens (including phenoxy) is 1. The SMILES string of the molecule is COc1ccc(S(=O)(=O)Oc2ccc(/C=C(\C#N)C(=O)Nc3ccc(C(=O)O)cc3)cc2Br)cc1. The van der Waals surface area contributed by atoms with Gasteiger partial charge < -0.3 is 19.3 Å². The molecule has 178 valence electrons. The summed E-state index contributed by atoms with van der Waals surface area (Å²) in [6.07, 6.45) is 1.31. The van der Waals surface area contributed by atoms with Crippen LogP contribution in [0.25, 0.3) is 6.08 Å². The number of nitriles is 1. The van der Waals surface area contributed by atoms with Gasteiger partial charge in [0.25, 0.3) is 5.91 Å². The van der Waals surface area contributed by atoms with E-state index in [4.69, 9.17) is 14.0 Å². The first-order chi connectivity index (χ1) is 16.6. The second kappa shape index (κ2) is 10.9. The summed E-state index contributed by atoms with van der Waals surface area (Å²) < 4.78 is 35.6. The highest BCUT2D eigenvalue weighted by Gasteiger charge is 2.19. The highest BCUT2D eigenvalue weighted by molar-refractivity contribution is 9.10. The largest absolute Gasteiger partial charge is 0.497 e. The molecule has 0 atom stereocenters. The molecule has 2 N–H and O–H groups in total. The first-order valence-corrected chi connectivity index (χ1v) is 12.0. The molecule has 3 rings (SSSR count). The minimum atomic E-state index is -4.11. The third kappa shape index (κ3) is 6.47. The van der Waals surface area contributed by atoms with E-state index in [-0.39, 0.29) is 26.3 Å². The van der Waals surface area contributed by atoms with Gasteiger partial charge in [-0.05, 0) is 88.2 Å². The van der Waals surface area contributed by atoms with Crippen molar-refractivity contribution in [2.75, 3.05) is 12.4 Å². The number of amides is 1. The molecule has 0 fully saturated rings. The summed E-state index contributed by atoms with van der Waals surface area (Å²) in [6, 6.07) is 17.3. The van der Waals surface area contributed by atoms with Crippen LogP contribution in [0.15, 0.2) is 81.7 Å². The van der Waals surface area contributed by atoms with E-state index >= 15 is 0 Å². The Balaban J connectivity index is 1.76. The van der Waals surface area contributed by atoms with Crippen molar-refractivity contribution in [3.8, 4) is 17.6 Å². The van der Waals surface area contributed by atoms with Crippen LogP contribution in [0.2, 0.25) is 0 Å². The van der Waals surface area contributed by atoms with E-state index in [1.54, 1.807) is 6.07 Å². The predicted molar refractivity (Wildman–Crippen MR) is 131 cm³/mol. The minimum absolute atomic E-state index is 0.0134. The molecule has 0 aliphatic rings. The third-order valence-electron chi connectivity index (χ3n) is 4.57. The Kier molecular flexibility index (Phi) is 7.91. The van der Waals surface area contributed by atoms with Crippen LogP contribution in [0, 0.1) is 11.3 Å². The van der Waals surface area contributed by atoms with Crippen LogP contribution in [-0.2, 0) is 14.9 Å². The Labute approximate surface area is 209 Å². The number of carboxylic acids is 1. The summed E-state index contributed by atoms with van der Waals surface area (Å²) in [7, 11) is -2.65. The lowest BCUT2D eigenvalue weighted by Crippen LogP contribution is -2.13. The fourth-order valence-corrected chi connectivity index (χ4v) is 4.32. The van der Waals surface area contributed by atoms with E-state index in [0.29, 0.717) is 17.0 Å². The molecule has 0 aliphatic carbocycles. The molecule has 11 heteroatoms. The van der Waals surface area contributed by atoms with Gasteiger partial charge in [-0.2, -0.15) is 13.7 Å². The van der Waals surface area contributed by atoms with Crippen LogP contribution in [0.1, 0.15) is 15.9 Å². The smallest absolute Gasteiger partial charge is 0.339 e. The van der Waals surface area contributed by atoms with Gasteiger partial charge in [0.2, 0.25) is 0 Å². The molecule has 0 aromatic heterocycles. The van der Waals surface area contributed by atoms with Gasteiger partial charge in [0.15, 0.2) is 5.75 Å². The molecule has 0 heterocycles. The van der Waals surface area contributed by atoms with Gasteiger partial charge in [-0.3, -0.25) is 4.79 Å². The third-order valence-corrected chi connectivity index (χ3v) is 6.44. The molecule has 3 aromatic carbocycles. The maximum absolute atomic E-state index is 12.6. The number of anilines is 1. The number of benzene rings is 3. The van der Waals surface area contributed by atoms with Gasteiger partial charge in [-0.1, -0.05) is 6.07 Å². The van der Waals surface area contributed by atoms with Crippen molar-refractivity contribution in [3.63, 3.8) is 0 Å². The average molecular weight is 557 g/mol. The number of carboxylic acid groups (broad SMARTS) is 1. The van der Waals surface area contributed by atoms with Crippen LogP contribution in [0.5, 0.6) is 11.5 Å². The van der Waals surface area contributed by atoms with Crippen LogP contribution < -0.4 is 14.2 Å². The number of halogens is 1. The lowest BCUT2D eigenvalue weighted by atomic mass is 10.1. The Bertz CT molecular complexity index is 1440. The molecule has 9 nitrogen and oxygen atoms in total. The quantitative estimate of drug-likeness (QED) is 0.235. The van der Waals surface area contributed by atoms with Gasteiger partial charge in [-0.15, -0.1) is 0 Å². The fourth-order valence-electron chi connectivity index (χ4n) is 2.79. The van der Waals surface area contributed by atoms with Crippen molar-refractivity contribution >= 4 is 49.7 Å². The Morgan fingerprint density at radius 3 is 2.26 bits per heavy atom. The van der Waals surface area contributed by atoms with Crippen LogP contribution >= 0.6 is 15.9 Å². The predicted octanol–water partition coefficient (Wildman–Crippen LogP) is 4.47. The summed E-state index contributed by atoms with van der Waals surface area (Å²) in [5.41, 5.74) is 0.577. The summed E-state index contributed by atoms with van der Waals surface area (Å²) in [5.74, 6) is -1.29. The van der Waals surface area contributed by atoms with E-state index in [0.717, 1.165) is 0 Å². The lowest BCUT2D eigenvalue weighted by molar-refractivity contribution is -0.112. The van der Waals surface area contributed by atoms with Crippen molar-refractivity contribution in [1.82, 2.24) is 0 Å². The van der Waals surface area contributed by atoms with E-state index in [1.807, 2.05) is 0 Å². The molecule has 0 bridgehead atoms. The summed E-state index contributed by atoms with van der Waals surface area (Å²) >= 11 is 3.25. The van der Waals surface area contributed by atoms with Crippen LogP contribution in [0.4, 0.5) is 5.69 Å². The van der Waals surface area contributed by atoms with Crippen molar-refractivity contribution in [3.05, 3.63) is 87.9 Å². The summed E-state index contributed by atoms with van der Waals surface area (Å²) in [4.78, 5) is 23.3. The van der Waals surface area contributed by atoms with Gasteiger partial charge in [0.1, 0.15) is 22.3 Å². The number of carbonyl (C=O) groups is 2. The second-order valence-corrected chi connectivity index (χ2v) is 9.31. The van der Waals surface area contributed by atoms with E-state index < -0.39 is 22.0 Å². The van der Waals surface area contributed by atoms with E-state index in [9.17, 15) is 23.3 Å². The van der Waals surface area contributed by atoms with Crippen LogP contribution in [0.3, 0.4) is 0 Å². The Morgan fingerprint density at radius 2 is 1.71 bits per heavy atom. The minimum Gasteiger partial charge on any atom is -0.497 e. The number of nitrogens with zero attached hydrogens (tertiary/aromatic N) is 1. The number of methoxy groups -OCH3 is 1. The first-order valence-electron chi connectivity index (χ1n) is 9.77. The molecule has 0 radical (unpaired) electrons. The average Bonchev–Trinajstić information content (AvgIpc) is 2.84. The van der Waals surface area contributed by atoms with Gasteiger partial charge >= 0.3 is 16.1 Å². The molecule has 0 saturated carbocycles. The molecular formula is C24H17BrN2O7S. The summed E-state index contributed by atoms with van der Waals surface area (Å²) in [6.45, 7) is 0. The number of hydrogen-bond donors (Lipinski definition) is 2. The number of carbonyl (C=O) groups excluding carboxylic acids is 1. The van der Waals surface area contributed by atoms with Gasteiger partial charge in [-0.25, -0.2) is 4.79 Å². The van der Waals surface area contributed by atoms with Crippen molar-refractivity contribution in [2.24, 2.45) is 0 Å². The zero-order valence-corrected chi connectivity index (χ0v) is 20.5. The van der Waals surface area contributed by atoms with E-state index in [1.165, 1.54) is 79.9 Å². The Hall–Kier alpha value is -4.14. The molecule has 1 amide bonds. The first kappa shape index (κ1) is 25.5. The maximum atomic E-state index is 12.6. The maximum Gasteiger partial charge on any atom is 0.339 e. The van der Waals surface area contributed by atoms with Crippen LogP contribution in [-0.4, -0.2) is 32.5 Å². The highest BCUT2D eigenvalue weighted by Crippen LogP contribution is 2.30. The zero-order valence-electron chi connectivity index (χ0n) is 18.1. The van der Waals surface area contributed by atoms with Gasteiger partial charge in [0.05, 0.1) is 17.1 Å². The standard InChI is InChI=1S/C24H17BrN2O7S/c1-33-19-7-9-20(10-8-19)35(31,32)34-22-11-2-15(13-21(22)25)12-17(14-26)23(28)27-18-5-3-16(4-6-18)24(29)30/h2-13H,1H3,(H,27,28)(H,29,30)/b17-12+.